The van der Waals surface area contributed by atoms with Crippen LogP contribution >= 0.6 is 0 Å². The van der Waals surface area contributed by atoms with Gasteiger partial charge >= 0.3 is 0 Å². The van der Waals surface area contributed by atoms with Gasteiger partial charge in [-0.25, -0.2) is 13.2 Å². The molecule has 0 saturated carbocycles. The van der Waals surface area contributed by atoms with Gasteiger partial charge < -0.3 is 9.80 Å². The van der Waals surface area contributed by atoms with Gasteiger partial charge in [0.15, 0.2) is 17.5 Å². The molecular formula is C21H19F3N2O2. The van der Waals surface area contributed by atoms with E-state index in [9.17, 15) is 22.8 Å². The highest BCUT2D eigenvalue weighted by Gasteiger charge is 2.44. The number of piperazine rings is 1. The summed E-state index contributed by atoms with van der Waals surface area (Å²) < 4.78 is 40.8. The van der Waals surface area contributed by atoms with Gasteiger partial charge in [-0.3, -0.25) is 9.59 Å². The summed E-state index contributed by atoms with van der Waals surface area (Å²) in [5.74, 6) is -5.68. The van der Waals surface area contributed by atoms with Crippen molar-refractivity contribution in [2.45, 2.75) is 25.3 Å². The van der Waals surface area contributed by atoms with Gasteiger partial charge in [0.2, 0.25) is 5.91 Å². The molecule has 0 radical (unpaired) electrons. The summed E-state index contributed by atoms with van der Waals surface area (Å²) in [5, 5.41) is 0. The first-order valence-electron chi connectivity index (χ1n) is 9.02. The molecule has 2 aromatic rings. The highest BCUT2D eigenvalue weighted by Crippen LogP contribution is 2.41. The van der Waals surface area contributed by atoms with Crippen molar-refractivity contribution in [2.75, 3.05) is 19.6 Å². The Hall–Kier alpha value is -2.83. The third-order valence-electron chi connectivity index (χ3n) is 5.58. The number of hydrogen-bond donors (Lipinski definition) is 0. The van der Waals surface area contributed by atoms with E-state index in [1.165, 1.54) is 4.90 Å². The van der Waals surface area contributed by atoms with Crippen LogP contribution in [0.1, 0.15) is 41.4 Å². The summed E-state index contributed by atoms with van der Waals surface area (Å²) >= 11 is 0. The minimum Gasteiger partial charge on any atom is -0.331 e. The van der Waals surface area contributed by atoms with Crippen molar-refractivity contribution in [3.8, 4) is 0 Å². The van der Waals surface area contributed by atoms with E-state index in [0.717, 1.165) is 17.2 Å². The maximum atomic E-state index is 14.1. The number of rotatable bonds is 1. The monoisotopic (exact) mass is 388 g/mol. The van der Waals surface area contributed by atoms with E-state index in [2.05, 4.69) is 13.8 Å². The fourth-order valence-corrected chi connectivity index (χ4v) is 4.20. The van der Waals surface area contributed by atoms with Crippen LogP contribution in [0, 0.1) is 17.5 Å². The van der Waals surface area contributed by atoms with Crippen LogP contribution in [-0.2, 0) is 10.2 Å². The molecule has 4 nitrogen and oxygen atoms in total. The molecule has 0 spiro atoms. The number of hydrogen-bond acceptors (Lipinski definition) is 2. The largest absolute Gasteiger partial charge is 0.331 e. The Morgan fingerprint density at radius 3 is 2.54 bits per heavy atom. The molecule has 2 aromatic carbocycles. The van der Waals surface area contributed by atoms with Crippen LogP contribution in [0.4, 0.5) is 13.2 Å². The van der Waals surface area contributed by atoms with E-state index in [4.69, 9.17) is 0 Å². The summed E-state index contributed by atoms with van der Waals surface area (Å²) in [4.78, 5) is 28.5. The molecule has 4 rings (SSSR count). The number of carbonyl (C=O) groups is 2. The van der Waals surface area contributed by atoms with E-state index in [1.54, 1.807) is 4.90 Å². The van der Waals surface area contributed by atoms with Crippen LogP contribution in [0.3, 0.4) is 0 Å². The molecule has 2 heterocycles. The highest BCUT2D eigenvalue weighted by atomic mass is 19.2. The van der Waals surface area contributed by atoms with Crippen molar-refractivity contribution in [1.29, 1.82) is 0 Å². The summed E-state index contributed by atoms with van der Waals surface area (Å²) in [6.07, 6.45) is 0. The molecule has 1 fully saturated rings. The van der Waals surface area contributed by atoms with Crippen LogP contribution in [0.15, 0.2) is 36.4 Å². The molecule has 0 bridgehead atoms. The quantitative estimate of drug-likeness (QED) is 0.703. The zero-order valence-electron chi connectivity index (χ0n) is 15.5. The third kappa shape index (κ3) is 2.77. The number of benzene rings is 2. The second-order valence-electron chi connectivity index (χ2n) is 7.92. The van der Waals surface area contributed by atoms with Gasteiger partial charge in [-0.15, -0.1) is 0 Å². The van der Waals surface area contributed by atoms with E-state index >= 15 is 0 Å². The topological polar surface area (TPSA) is 40.6 Å². The Labute approximate surface area is 160 Å². The molecule has 7 heteroatoms. The molecule has 1 saturated heterocycles. The zero-order chi connectivity index (χ0) is 20.2. The van der Waals surface area contributed by atoms with Gasteiger partial charge in [-0.2, -0.15) is 0 Å². The highest BCUT2D eigenvalue weighted by molar-refractivity contribution is 5.97. The first-order chi connectivity index (χ1) is 13.2. The second-order valence-corrected chi connectivity index (χ2v) is 7.92. The predicted octanol–water partition coefficient (Wildman–Crippen LogP) is 3.42. The maximum absolute atomic E-state index is 14.1. The van der Waals surface area contributed by atoms with Crippen molar-refractivity contribution >= 4 is 11.8 Å². The second kappa shape index (κ2) is 6.36. The van der Waals surface area contributed by atoms with E-state index in [-0.39, 0.29) is 30.5 Å². The van der Waals surface area contributed by atoms with Gasteiger partial charge in [0.25, 0.3) is 5.91 Å². The lowest BCUT2D eigenvalue weighted by molar-refractivity contribution is -0.140. The van der Waals surface area contributed by atoms with Crippen molar-refractivity contribution in [2.24, 2.45) is 0 Å². The van der Waals surface area contributed by atoms with E-state index < -0.39 is 28.9 Å². The predicted molar refractivity (Wildman–Crippen MR) is 96.1 cm³/mol. The molecule has 2 amide bonds. The van der Waals surface area contributed by atoms with Crippen molar-refractivity contribution in [1.82, 2.24) is 9.80 Å². The summed E-state index contributed by atoms with van der Waals surface area (Å²) in [5.41, 5.74) is 1.22. The van der Waals surface area contributed by atoms with E-state index in [0.29, 0.717) is 12.6 Å². The number of halogens is 3. The standard InChI is InChI=1S/C21H19F3N2O2/c1-21(2)11-26-16(12-5-3-4-6-14(12)21)9-25(10-17(26)27)20(28)13-7-8-15(22)19(24)18(13)23/h3-8,16H,9-11H2,1-2H3. The molecule has 0 N–H and O–H groups in total. The van der Waals surface area contributed by atoms with Crippen molar-refractivity contribution < 1.29 is 22.8 Å². The first-order valence-corrected chi connectivity index (χ1v) is 9.02. The minimum absolute atomic E-state index is 0.163. The van der Waals surface area contributed by atoms with Gasteiger partial charge in [0.05, 0.1) is 11.6 Å². The number of amides is 2. The Bertz CT molecular complexity index is 990. The van der Waals surface area contributed by atoms with Gasteiger partial charge in [-0.05, 0) is 23.3 Å². The molecule has 1 atom stereocenters. The number of carbonyl (C=O) groups excluding carboxylic acids is 2. The Morgan fingerprint density at radius 2 is 1.79 bits per heavy atom. The van der Waals surface area contributed by atoms with Crippen LogP contribution in [0.2, 0.25) is 0 Å². The third-order valence-corrected chi connectivity index (χ3v) is 5.58. The average molecular weight is 388 g/mol. The van der Waals surface area contributed by atoms with Crippen LogP contribution in [0.5, 0.6) is 0 Å². The lowest BCUT2D eigenvalue weighted by atomic mass is 9.75. The molecule has 28 heavy (non-hydrogen) atoms. The van der Waals surface area contributed by atoms with Crippen molar-refractivity contribution in [3.63, 3.8) is 0 Å². The zero-order valence-corrected chi connectivity index (χ0v) is 15.5. The Morgan fingerprint density at radius 1 is 1.07 bits per heavy atom. The summed E-state index contributed by atoms with van der Waals surface area (Å²) in [6.45, 7) is 4.56. The van der Waals surface area contributed by atoms with Crippen LogP contribution < -0.4 is 0 Å². The van der Waals surface area contributed by atoms with Crippen molar-refractivity contribution in [3.05, 3.63) is 70.5 Å². The Balaban J connectivity index is 1.70. The minimum atomic E-state index is -1.69. The van der Waals surface area contributed by atoms with Crippen LogP contribution in [-0.4, -0.2) is 41.2 Å². The molecular weight excluding hydrogens is 369 g/mol. The first kappa shape index (κ1) is 18.5. The smallest absolute Gasteiger partial charge is 0.257 e. The van der Waals surface area contributed by atoms with Gasteiger partial charge in [-0.1, -0.05) is 38.1 Å². The maximum Gasteiger partial charge on any atom is 0.257 e. The molecule has 2 aliphatic rings. The fourth-order valence-electron chi connectivity index (χ4n) is 4.20. The number of nitrogens with zero attached hydrogens (tertiary/aromatic N) is 2. The summed E-state index contributed by atoms with van der Waals surface area (Å²) in [6, 6.07) is 9.00. The average Bonchev–Trinajstić information content (AvgIpc) is 2.66. The summed E-state index contributed by atoms with van der Waals surface area (Å²) in [7, 11) is 0. The Kier molecular flexibility index (Phi) is 4.21. The SMILES string of the molecule is CC1(C)CN2C(=O)CN(C(=O)c3ccc(F)c(F)c3F)CC2c2ccccc21. The molecule has 0 aromatic heterocycles. The lowest BCUT2D eigenvalue weighted by Crippen LogP contribution is -2.58. The molecule has 2 aliphatic heterocycles. The number of fused-ring (bicyclic) bond motifs is 3. The fraction of sp³-hybridized carbons (Fsp3) is 0.333. The van der Waals surface area contributed by atoms with Gasteiger partial charge in [0, 0.05) is 18.5 Å². The molecule has 0 aliphatic carbocycles. The van der Waals surface area contributed by atoms with Gasteiger partial charge in [0.1, 0.15) is 6.54 Å². The molecule has 1 unspecified atom stereocenters. The lowest BCUT2D eigenvalue weighted by Gasteiger charge is -2.49. The molecule has 146 valence electrons. The van der Waals surface area contributed by atoms with E-state index in [1.807, 2.05) is 24.3 Å². The normalized spacial score (nSPS) is 20.6. The van der Waals surface area contributed by atoms with Crippen LogP contribution in [0.25, 0.3) is 0 Å².